The zero-order valence-electron chi connectivity index (χ0n) is 8.42. The molecule has 1 fully saturated rings. The Morgan fingerprint density at radius 3 is 3.19 bits per heavy atom. The van der Waals surface area contributed by atoms with Crippen LogP contribution in [0.15, 0.2) is 16.8 Å². The van der Waals surface area contributed by atoms with Gasteiger partial charge >= 0.3 is 5.97 Å². The summed E-state index contributed by atoms with van der Waals surface area (Å²) in [5, 5.41) is 15.0. The molecule has 2 heterocycles. The molecule has 1 amide bonds. The van der Waals surface area contributed by atoms with Gasteiger partial charge in [0.25, 0.3) is 0 Å². The molecule has 16 heavy (non-hydrogen) atoms. The molecular formula is C9H11N3O4. The molecule has 0 bridgehead atoms. The summed E-state index contributed by atoms with van der Waals surface area (Å²) < 4.78 is 4.88. The van der Waals surface area contributed by atoms with E-state index < -0.39 is 12.0 Å². The van der Waals surface area contributed by atoms with Crippen molar-refractivity contribution in [2.24, 2.45) is 0 Å². The van der Waals surface area contributed by atoms with E-state index in [1.165, 1.54) is 6.20 Å². The van der Waals surface area contributed by atoms with Crippen LogP contribution in [-0.2, 0) is 16.1 Å². The molecule has 1 unspecified atom stereocenters. The highest BCUT2D eigenvalue weighted by molar-refractivity contribution is 5.83. The maximum atomic E-state index is 11.2. The average molecular weight is 225 g/mol. The molecule has 1 aliphatic rings. The van der Waals surface area contributed by atoms with E-state index in [-0.39, 0.29) is 25.5 Å². The van der Waals surface area contributed by atoms with Crippen LogP contribution in [-0.4, -0.2) is 46.2 Å². The summed E-state index contributed by atoms with van der Waals surface area (Å²) in [6.45, 7) is 0.435. The van der Waals surface area contributed by atoms with Crippen LogP contribution in [0.25, 0.3) is 0 Å². The SMILES string of the molecule is O=C1CN(Cc2ccno2)C(C(=O)O)CN1. The molecule has 0 aliphatic carbocycles. The van der Waals surface area contributed by atoms with Gasteiger partial charge in [-0.2, -0.15) is 0 Å². The lowest BCUT2D eigenvalue weighted by Gasteiger charge is -2.31. The molecule has 2 rings (SSSR count). The fraction of sp³-hybridized carbons (Fsp3) is 0.444. The number of aliphatic carboxylic acids is 1. The summed E-state index contributed by atoms with van der Waals surface area (Å²) in [7, 11) is 0. The fourth-order valence-corrected chi connectivity index (χ4v) is 1.62. The van der Waals surface area contributed by atoms with Crippen LogP contribution in [0.2, 0.25) is 0 Å². The third kappa shape index (κ3) is 2.19. The van der Waals surface area contributed by atoms with E-state index in [2.05, 4.69) is 10.5 Å². The van der Waals surface area contributed by atoms with Gasteiger partial charge in [-0.3, -0.25) is 14.5 Å². The second kappa shape index (κ2) is 4.31. The van der Waals surface area contributed by atoms with Gasteiger partial charge in [0.1, 0.15) is 6.04 Å². The van der Waals surface area contributed by atoms with Gasteiger partial charge in [-0.25, -0.2) is 0 Å². The van der Waals surface area contributed by atoms with Crippen LogP contribution >= 0.6 is 0 Å². The minimum atomic E-state index is -0.959. The smallest absolute Gasteiger partial charge is 0.322 e. The number of carbonyl (C=O) groups is 2. The fourth-order valence-electron chi connectivity index (χ4n) is 1.62. The molecular weight excluding hydrogens is 214 g/mol. The predicted molar refractivity (Wildman–Crippen MR) is 51.3 cm³/mol. The minimum absolute atomic E-state index is 0.0532. The number of hydrogen-bond acceptors (Lipinski definition) is 5. The van der Waals surface area contributed by atoms with Crippen LogP contribution in [0.4, 0.5) is 0 Å². The van der Waals surface area contributed by atoms with Gasteiger partial charge in [0, 0.05) is 12.6 Å². The topological polar surface area (TPSA) is 95.7 Å². The van der Waals surface area contributed by atoms with Crippen molar-refractivity contribution < 1.29 is 19.2 Å². The van der Waals surface area contributed by atoms with E-state index in [0.29, 0.717) is 5.76 Å². The number of carboxylic acids is 1. The number of amides is 1. The van der Waals surface area contributed by atoms with Crippen molar-refractivity contribution in [2.75, 3.05) is 13.1 Å². The third-order valence-corrected chi connectivity index (χ3v) is 2.42. The monoisotopic (exact) mass is 225 g/mol. The predicted octanol–water partition coefficient (Wildman–Crippen LogP) is -0.940. The normalized spacial score (nSPS) is 21.8. The van der Waals surface area contributed by atoms with Crippen molar-refractivity contribution in [3.8, 4) is 0 Å². The summed E-state index contributed by atoms with van der Waals surface area (Å²) in [5.41, 5.74) is 0. The Balaban J connectivity index is 2.08. The van der Waals surface area contributed by atoms with Gasteiger partial charge in [0.15, 0.2) is 5.76 Å². The van der Waals surface area contributed by atoms with Crippen molar-refractivity contribution in [3.63, 3.8) is 0 Å². The Morgan fingerprint density at radius 1 is 1.75 bits per heavy atom. The van der Waals surface area contributed by atoms with Gasteiger partial charge in [-0.05, 0) is 0 Å². The van der Waals surface area contributed by atoms with E-state index in [0.717, 1.165) is 0 Å². The van der Waals surface area contributed by atoms with E-state index in [1.54, 1.807) is 11.0 Å². The van der Waals surface area contributed by atoms with E-state index >= 15 is 0 Å². The Kier molecular flexibility index (Phi) is 2.86. The van der Waals surface area contributed by atoms with Crippen molar-refractivity contribution in [1.82, 2.24) is 15.4 Å². The summed E-state index contributed by atoms with van der Waals surface area (Å²) >= 11 is 0. The Hall–Kier alpha value is -1.89. The highest BCUT2D eigenvalue weighted by Gasteiger charge is 2.32. The number of carboxylic acid groups (broad SMARTS) is 1. The lowest BCUT2D eigenvalue weighted by Crippen LogP contribution is -2.56. The lowest BCUT2D eigenvalue weighted by atomic mass is 10.2. The third-order valence-electron chi connectivity index (χ3n) is 2.42. The molecule has 7 heteroatoms. The van der Waals surface area contributed by atoms with E-state index in [9.17, 15) is 9.59 Å². The molecule has 1 aromatic heterocycles. The lowest BCUT2D eigenvalue weighted by molar-refractivity contribution is -0.146. The largest absolute Gasteiger partial charge is 0.480 e. The van der Waals surface area contributed by atoms with Gasteiger partial charge in [0.05, 0.1) is 19.3 Å². The van der Waals surface area contributed by atoms with Crippen LogP contribution in [0.5, 0.6) is 0 Å². The average Bonchev–Trinajstić information content (AvgIpc) is 2.70. The van der Waals surface area contributed by atoms with Gasteiger partial charge in [-0.1, -0.05) is 5.16 Å². The number of nitrogens with one attached hydrogen (secondary N) is 1. The van der Waals surface area contributed by atoms with Crippen LogP contribution in [0.1, 0.15) is 5.76 Å². The molecule has 2 N–H and O–H groups in total. The first kappa shape index (κ1) is 10.6. The van der Waals surface area contributed by atoms with Crippen molar-refractivity contribution in [3.05, 3.63) is 18.0 Å². The van der Waals surface area contributed by atoms with Crippen molar-refractivity contribution in [2.45, 2.75) is 12.6 Å². The minimum Gasteiger partial charge on any atom is -0.480 e. The van der Waals surface area contributed by atoms with Gasteiger partial charge in [0.2, 0.25) is 5.91 Å². The Labute approximate surface area is 91.0 Å². The van der Waals surface area contributed by atoms with Gasteiger partial charge in [-0.15, -0.1) is 0 Å². The molecule has 1 saturated heterocycles. The molecule has 0 saturated carbocycles. The molecule has 1 aliphatic heterocycles. The molecule has 0 spiro atoms. The van der Waals surface area contributed by atoms with Gasteiger partial charge < -0.3 is 14.9 Å². The first-order valence-electron chi connectivity index (χ1n) is 4.80. The number of nitrogens with zero attached hydrogens (tertiary/aromatic N) is 2. The highest BCUT2D eigenvalue weighted by atomic mass is 16.5. The molecule has 86 valence electrons. The maximum absolute atomic E-state index is 11.2. The Morgan fingerprint density at radius 2 is 2.56 bits per heavy atom. The maximum Gasteiger partial charge on any atom is 0.322 e. The van der Waals surface area contributed by atoms with Crippen LogP contribution < -0.4 is 5.32 Å². The molecule has 0 aromatic carbocycles. The standard InChI is InChI=1S/C9H11N3O4/c13-8-5-12(4-6-1-2-11-16-6)7(3-10-8)9(14)15/h1-2,7H,3-5H2,(H,10,13)(H,14,15). The first-order valence-corrected chi connectivity index (χ1v) is 4.80. The molecule has 0 radical (unpaired) electrons. The number of piperazine rings is 1. The van der Waals surface area contributed by atoms with E-state index in [1.807, 2.05) is 0 Å². The second-order valence-electron chi connectivity index (χ2n) is 3.54. The van der Waals surface area contributed by atoms with Crippen molar-refractivity contribution in [1.29, 1.82) is 0 Å². The zero-order chi connectivity index (χ0) is 11.5. The summed E-state index contributed by atoms with van der Waals surface area (Å²) in [6.07, 6.45) is 1.48. The second-order valence-corrected chi connectivity index (χ2v) is 3.54. The first-order chi connectivity index (χ1) is 7.66. The zero-order valence-corrected chi connectivity index (χ0v) is 8.42. The van der Waals surface area contributed by atoms with E-state index in [4.69, 9.17) is 9.63 Å². The van der Waals surface area contributed by atoms with Crippen molar-refractivity contribution >= 4 is 11.9 Å². The van der Waals surface area contributed by atoms with Crippen LogP contribution in [0, 0.1) is 0 Å². The summed E-state index contributed by atoms with van der Waals surface area (Å²) in [6, 6.07) is 0.925. The van der Waals surface area contributed by atoms with Crippen LogP contribution in [0.3, 0.4) is 0 Å². The molecule has 1 atom stereocenters. The molecule has 7 nitrogen and oxygen atoms in total. The summed E-state index contributed by atoms with van der Waals surface area (Å²) in [5.74, 6) is -0.600. The number of carbonyl (C=O) groups excluding carboxylic acids is 1. The quantitative estimate of drug-likeness (QED) is 0.689. The number of hydrogen-bond donors (Lipinski definition) is 2. The summed E-state index contributed by atoms with van der Waals surface area (Å²) in [4.78, 5) is 23.7. The highest BCUT2D eigenvalue weighted by Crippen LogP contribution is 2.10. The molecule has 1 aromatic rings. The number of rotatable bonds is 3. The number of aromatic nitrogens is 1. The Bertz CT molecular complexity index is 389.